The van der Waals surface area contributed by atoms with Crippen molar-refractivity contribution in [3.63, 3.8) is 0 Å². The topological polar surface area (TPSA) is 83.8 Å². The third-order valence-electron chi connectivity index (χ3n) is 2.85. The minimum absolute atomic E-state index is 0.140. The highest BCUT2D eigenvalue weighted by molar-refractivity contribution is 5.91. The van der Waals surface area contributed by atoms with E-state index in [9.17, 15) is 14.7 Å². The van der Waals surface area contributed by atoms with Crippen LogP contribution < -0.4 is 0 Å². The minimum Gasteiger partial charge on any atom is -0.481 e. The highest BCUT2D eigenvalue weighted by Crippen LogP contribution is 2.37. The lowest BCUT2D eigenvalue weighted by molar-refractivity contribution is -0.173. The third-order valence-corrected chi connectivity index (χ3v) is 2.85. The number of carbonyl (C=O) groups is 2. The maximum absolute atomic E-state index is 11.5. The highest BCUT2D eigenvalue weighted by Gasteiger charge is 2.52. The van der Waals surface area contributed by atoms with Gasteiger partial charge in [0.2, 0.25) is 5.60 Å². The Balaban J connectivity index is 3.33. The number of aliphatic carboxylic acids is 2. The number of carboxylic acids is 2. The van der Waals surface area contributed by atoms with E-state index in [1.54, 1.807) is 26.0 Å². The first-order valence-electron chi connectivity index (χ1n) is 5.48. The first-order valence-corrected chi connectivity index (χ1v) is 5.48. The lowest BCUT2D eigenvalue weighted by Gasteiger charge is -2.36. The van der Waals surface area contributed by atoms with Gasteiger partial charge in [0.15, 0.2) is 0 Å². The first kappa shape index (κ1) is 13.4. The van der Waals surface area contributed by atoms with E-state index in [0.29, 0.717) is 12.0 Å². The molecule has 1 aliphatic rings. The van der Waals surface area contributed by atoms with Crippen LogP contribution in [0.15, 0.2) is 23.8 Å². The summed E-state index contributed by atoms with van der Waals surface area (Å²) < 4.78 is 5.31. The van der Waals surface area contributed by atoms with E-state index in [1.807, 2.05) is 0 Å². The van der Waals surface area contributed by atoms with Gasteiger partial charge < -0.3 is 14.9 Å². The summed E-state index contributed by atoms with van der Waals surface area (Å²) >= 11 is 0. The Hall–Kier alpha value is -1.62. The molecule has 0 radical (unpaired) electrons. The zero-order valence-electron chi connectivity index (χ0n) is 9.84. The predicted molar refractivity (Wildman–Crippen MR) is 60.6 cm³/mol. The molecule has 2 atom stereocenters. The molecule has 0 aliphatic heterocycles. The van der Waals surface area contributed by atoms with Crippen molar-refractivity contribution in [1.29, 1.82) is 0 Å². The van der Waals surface area contributed by atoms with Crippen molar-refractivity contribution in [2.45, 2.75) is 25.9 Å². The lowest BCUT2D eigenvalue weighted by atomic mass is 9.76. The van der Waals surface area contributed by atoms with E-state index in [0.717, 1.165) is 0 Å². The van der Waals surface area contributed by atoms with Gasteiger partial charge in [-0.25, -0.2) is 4.79 Å². The minimum atomic E-state index is -1.77. The standard InChI is InChI=1S/C12H16O5/c1-3-8-6-5-7-9(10(13)14)12(8,11(15)16)17-4-2/h5-7,9H,3-4H2,1-2H3,(H,13,14)(H,15,16). The van der Waals surface area contributed by atoms with Gasteiger partial charge in [0.05, 0.1) is 0 Å². The molecule has 0 saturated carbocycles. The molecule has 1 rings (SSSR count). The van der Waals surface area contributed by atoms with Crippen molar-refractivity contribution < 1.29 is 24.5 Å². The molecular weight excluding hydrogens is 224 g/mol. The number of rotatable bonds is 5. The molecule has 94 valence electrons. The molecule has 5 nitrogen and oxygen atoms in total. The fourth-order valence-corrected chi connectivity index (χ4v) is 2.12. The van der Waals surface area contributed by atoms with Crippen LogP contribution in [-0.4, -0.2) is 34.4 Å². The van der Waals surface area contributed by atoms with E-state index < -0.39 is 23.5 Å². The maximum atomic E-state index is 11.5. The van der Waals surface area contributed by atoms with Crippen LogP contribution in [0.1, 0.15) is 20.3 Å². The zero-order chi connectivity index (χ0) is 13.1. The fourth-order valence-electron chi connectivity index (χ4n) is 2.12. The first-order chi connectivity index (χ1) is 8.00. The number of hydrogen-bond acceptors (Lipinski definition) is 3. The van der Waals surface area contributed by atoms with E-state index in [2.05, 4.69) is 0 Å². The SMILES string of the molecule is CCOC1(C(=O)O)C(CC)=CC=CC1C(=O)O. The highest BCUT2D eigenvalue weighted by atomic mass is 16.5. The molecule has 17 heavy (non-hydrogen) atoms. The second-order valence-corrected chi connectivity index (χ2v) is 3.72. The second kappa shape index (κ2) is 5.14. The molecule has 0 spiro atoms. The average molecular weight is 240 g/mol. The van der Waals surface area contributed by atoms with E-state index in [4.69, 9.17) is 9.84 Å². The Morgan fingerprint density at radius 2 is 2.06 bits per heavy atom. The van der Waals surface area contributed by atoms with Crippen molar-refractivity contribution in [3.05, 3.63) is 23.8 Å². The largest absolute Gasteiger partial charge is 0.481 e. The lowest BCUT2D eigenvalue weighted by Crippen LogP contribution is -2.53. The molecule has 0 heterocycles. The van der Waals surface area contributed by atoms with Crippen LogP contribution in [0, 0.1) is 5.92 Å². The normalized spacial score (nSPS) is 27.6. The van der Waals surface area contributed by atoms with Gasteiger partial charge in [0.1, 0.15) is 5.92 Å². The molecule has 0 amide bonds. The van der Waals surface area contributed by atoms with Crippen molar-refractivity contribution in [3.8, 4) is 0 Å². The summed E-state index contributed by atoms with van der Waals surface area (Å²) in [5.74, 6) is -3.65. The Labute approximate surface area is 99.4 Å². The van der Waals surface area contributed by atoms with Crippen LogP contribution in [0.25, 0.3) is 0 Å². The summed E-state index contributed by atoms with van der Waals surface area (Å²) in [4.78, 5) is 22.7. The summed E-state index contributed by atoms with van der Waals surface area (Å²) in [6.45, 7) is 3.57. The Morgan fingerprint density at radius 1 is 1.41 bits per heavy atom. The monoisotopic (exact) mass is 240 g/mol. The van der Waals surface area contributed by atoms with Gasteiger partial charge in [0, 0.05) is 6.61 Å². The van der Waals surface area contributed by atoms with Crippen LogP contribution in [0.5, 0.6) is 0 Å². The molecule has 5 heteroatoms. The quantitative estimate of drug-likeness (QED) is 0.759. The molecular formula is C12H16O5. The average Bonchev–Trinajstić information content (AvgIpc) is 2.28. The molecule has 0 aromatic heterocycles. The molecule has 2 N–H and O–H groups in total. The van der Waals surface area contributed by atoms with Gasteiger partial charge in [-0.15, -0.1) is 0 Å². The van der Waals surface area contributed by atoms with Crippen LogP contribution in [0.3, 0.4) is 0 Å². The van der Waals surface area contributed by atoms with Crippen molar-refractivity contribution in [2.75, 3.05) is 6.61 Å². The fraction of sp³-hybridized carbons (Fsp3) is 0.500. The van der Waals surface area contributed by atoms with E-state index >= 15 is 0 Å². The molecule has 2 unspecified atom stereocenters. The maximum Gasteiger partial charge on any atom is 0.341 e. The molecule has 0 aromatic rings. The predicted octanol–water partition coefficient (Wildman–Crippen LogP) is 1.45. The Bertz CT molecular complexity index is 382. The van der Waals surface area contributed by atoms with Crippen LogP contribution in [-0.2, 0) is 14.3 Å². The van der Waals surface area contributed by atoms with Gasteiger partial charge in [-0.2, -0.15) is 0 Å². The molecule has 0 aromatic carbocycles. The van der Waals surface area contributed by atoms with Gasteiger partial charge in [0.25, 0.3) is 0 Å². The number of carboxylic acid groups (broad SMARTS) is 2. The van der Waals surface area contributed by atoms with Gasteiger partial charge in [-0.3, -0.25) is 4.79 Å². The number of hydrogen-bond donors (Lipinski definition) is 2. The summed E-state index contributed by atoms with van der Waals surface area (Å²) in [5, 5.41) is 18.5. The van der Waals surface area contributed by atoms with Crippen molar-refractivity contribution >= 4 is 11.9 Å². The summed E-state index contributed by atoms with van der Waals surface area (Å²) in [6, 6.07) is 0. The Kier molecular flexibility index (Phi) is 4.07. The molecule has 0 fully saturated rings. The van der Waals surface area contributed by atoms with Crippen LogP contribution in [0.2, 0.25) is 0 Å². The summed E-state index contributed by atoms with van der Waals surface area (Å²) in [7, 11) is 0. The van der Waals surface area contributed by atoms with E-state index in [-0.39, 0.29) is 6.61 Å². The third kappa shape index (κ3) is 2.10. The van der Waals surface area contributed by atoms with Gasteiger partial charge in [-0.1, -0.05) is 25.2 Å². The van der Waals surface area contributed by atoms with E-state index in [1.165, 1.54) is 6.08 Å². The molecule has 0 bridgehead atoms. The summed E-state index contributed by atoms with van der Waals surface area (Å²) in [5.41, 5.74) is -1.30. The van der Waals surface area contributed by atoms with Gasteiger partial charge >= 0.3 is 11.9 Å². The Morgan fingerprint density at radius 3 is 2.47 bits per heavy atom. The smallest absolute Gasteiger partial charge is 0.341 e. The van der Waals surface area contributed by atoms with Crippen molar-refractivity contribution in [2.24, 2.45) is 5.92 Å². The van der Waals surface area contributed by atoms with Crippen LogP contribution >= 0.6 is 0 Å². The number of ether oxygens (including phenoxy) is 1. The molecule has 1 aliphatic carbocycles. The zero-order valence-corrected chi connectivity index (χ0v) is 9.84. The second-order valence-electron chi connectivity index (χ2n) is 3.72. The van der Waals surface area contributed by atoms with Gasteiger partial charge in [-0.05, 0) is 18.9 Å². The van der Waals surface area contributed by atoms with Crippen molar-refractivity contribution in [1.82, 2.24) is 0 Å². The molecule has 0 saturated heterocycles. The summed E-state index contributed by atoms with van der Waals surface area (Å²) in [6.07, 6.45) is 4.97. The number of allylic oxidation sites excluding steroid dienone is 2. The van der Waals surface area contributed by atoms with Crippen LogP contribution in [0.4, 0.5) is 0 Å².